The molecule has 0 bridgehead atoms. The molecule has 2 atom stereocenters. The van der Waals surface area contributed by atoms with Crippen molar-refractivity contribution < 1.29 is 9.53 Å². The molecule has 1 aliphatic rings. The zero-order valence-corrected chi connectivity index (χ0v) is 7.80. The Kier molecular flexibility index (Phi) is 3.53. The number of hydrogen-bond donors (Lipinski definition) is 1. The van der Waals surface area contributed by atoms with Gasteiger partial charge in [-0.1, -0.05) is 6.92 Å². The van der Waals surface area contributed by atoms with Crippen LogP contribution in [0.3, 0.4) is 0 Å². The SMILES string of the molecule is CCC(C)OC(=O)[C@@H]1CCCN1. The Hall–Kier alpha value is -0.570. The summed E-state index contributed by atoms with van der Waals surface area (Å²) < 4.78 is 5.18. The average Bonchev–Trinajstić information content (AvgIpc) is 2.56. The lowest BCUT2D eigenvalue weighted by Crippen LogP contribution is -2.34. The van der Waals surface area contributed by atoms with Crippen molar-refractivity contribution >= 4 is 5.97 Å². The predicted molar refractivity (Wildman–Crippen MR) is 46.9 cm³/mol. The summed E-state index contributed by atoms with van der Waals surface area (Å²) in [5, 5.41) is 3.11. The third kappa shape index (κ3) is 2.48. The highest BCUT2D eigenvalue weighted by Crippen LogP contribution is 2.08. The second-order valence-electron chi connectivity index (χ2n) is 3.30. The van der Waals surface area contributed by atoms with Crippen LogP contribution in [0.5, 0.6) is 0 Å². The number of ether oxygens (including phenoxy) is 1. The zero-order chi connectivity index (χ0) is 8.97. The summed E-state index contributed by atoms with van der Waals surface area (Å²) in [7, 11) is 0. The van der Waals surface area contributed by atoms with Gasteiger partial charge >= 0.3 is 5.97 Å². The molecule has 1 fully saturated rings. The van der Waals surface area contributed by atoms with Gasteiger partial charge in [0.15, 0.2) is 0 Å². The van der Waals surface area contributed by atoms with Crippen LogP contribution in [0.15, 0.2) is 0 Å². The van der Waals surface area contributed by atoms with Gasteiger partial charge in [0, 0.05) is 0 Å². The highest BCUT2D eigenvalue weighted by Gasteiger charge is 2.24. The van der Waals surface area contributed by atoms with Gasteiger partial charge in [-0.25, -0.2) is 0 Å². The summed E-state index contributed by atoms with van der Waals surface area (Å²) >= 11 is 0. The molecule has 0 spiro atoms. The Morgan fingerprint density at radius 1 is 1.75 bits per heavy atom. The van der Waals surface area contributed by atoms with E-state index in [0.717, 1.165) is 25.8 Å². The molecule has 0 aromatic carbocycles. The largest absolute Gasteiger partial charge is 0.462 e. The molecular formula is C9H17NO2. The van der Waals surface area contributed by atoms with E-state index in [4.69, 9.17) is 4.74 Å². The lowest BCUT2D eigenvalue weighted by molar-refractivity contribution is -0.150. The summed E-state index contributed by atoms with van der Waals surface area (Å²) in [6, 6.07) is -0.0426. The van der Waals surface area contributed by atoms with Crippen LogP contribution in [0, 0.1) is 0 Å². The van der Waals surface area contributed by atoms with Crippen molar-refractivity contribution in [1.82, 2.24) is 5.32 Å². The number of esters is 1. The molecule has 12 heavy (non-hydrogen) atoms. The average molecular weight is 171 g/mol. The van der Waals surface area contributed by atoms with E-state index in [1.165, 1.54) is 0 Å². The maximum Gasteiger partial charge on any atom is 0.323 e. The molecule has 1 saturated heterocycles. The molecule has 0 saturated carbocycles. The standard InChI is InChI=1S/C9H17NO2/c1-3-7(2)12-9(11)8-5-4-6-10-8/h7-8,10H,3-6H2,1-2H3/t7?,8-/m0/s1. The van der Waals surface area contributed by atoms with Crippen LogP contribution in [0.2, 0.25) is 0 Å². The number of hydrogen-bond acceptors (Lipinski definition) is 3. The van der Waals surface area contributed by atoms with E-state index in [1.807, 2.05) is 13.8 Å². The molecule has 0 amide bonds. The molecule has 70 valence electrons. The van der Waals surface area contributed by atoms with Crippen LogP contribution in [-0.4, -0.2) is 24.7 Å². The highest BCUT2D eigenvalue weighted by atomic mass is 16.5. The summed E-state index contributed by atoms with van der Waals surface area (Å²) in [5.74, 6) is -0.0816. The minimum Gasteiger partial charge on any atom is -0.462 e. The lowest BCUT2D eigenvalue weighted by Gasteiger charge is -2.14. The fourth-order valence-electron chi connectivity index (χ4n) is 1.25. The fourth-order valence-corrected chi connectivity index (χ4v) is 1.25. The first-order valence-electron chi connectivity index (χ1n) is 4.68. The van der Waals surface area contributed by atoms with Crippen molar-refractivity contribution in [3.05, 3.63) is 0 Å². The Morgan fingerprint density at radius 2 is 2.50 bits per heavy atom. The number of carbonyl (C=O) groups is 1. The Morgan fingerprint density at radius 3 is 3.00 bits per heavy atom. The normalized spacial score (nSPS) is 25.3. The molecular weight excluding hydrogens is 154 g/mol. The van der Waals surface area contributed by atoms with E-state index in [1.54, 1.807) is 0 Å². The Labute approximate surface area is 73.5 Å². The summed E-state index contributed by atoms with van der Waals surface area (Å²) in [6.45, 7) is 4.88. The topological polar surface area (TPSA) is 38.3 Å². The number of carbonyl (C=O) groups excluding carboxylic acids is 1. The first-order valence-corrected chi connectivity index (χ1v) is 4.68. The van der Waals surface area contributed by atoms with Gasteiger partial charge in [-0.15, -0.1) is 0 Å². The van der Waals surface area contributed by atoms with Crippen LogP contribution < -0.4 is 5.32 Å². The smallest absolute Gasteiger partial charge is 0.323 e. The van der Waals surface area contributed by atoms with Crippen molar-refractivity contribution in [2.24, 2.45) is 0 Å². The number of nitrogens with one attached hydrogen (secondary N) is 1. The maximum atomic E-state index is 11.3. The second kappa shape index (κ2) is 4.45. The molecule has 3 nitrogen and oxygen atoms in total. The molecule has 0 aromatic rings. The monoisotopic (exact) mass is 171 g/mol. The van der Waals surface area contributed by atoms with Gasteiger partial charge in [0.1, 0.15) is 6.04 Å². The molecule has 0 radical (unpaired) electrons. The fraction of sp³-hybridized carbons (Fsp3) is 0.889. The van der Waals surface area contributed by atoms with E-state index >= 15 is 0 Å². The quantitative estimate of drug-likeness (QED) is 0.646. The minimum absolute atomic E-state index is 0.0426. The van der Waals surface area contributed by atoms with Crippen LogP contribution in [0.25, 0.3) is 0 Å². The first-order chi connectivity index (χ1) is 5.74. The van der Waals surface area contributed by atoms with Crippen LogP contribution in [-0.2, 0) is 9.53 Å². The molecule has 1 heterocycles. The van der Waals surface area contributed by atoms with Gasteiger partial charge in [0.25, 0.3) is 0 Å². The van der Waals surface area contributed by atoms with Gasteiger partial charge in [-0.2, -0.15) is 0 Å². The van der Waals surface area contributed by atoms with Gasteiger partial charge < -0.3 is 10.1 Å². The lowest BCUT2D eigenvalue weighted by atomic mass is 10.2. The highest BCUT2D eigenvalue weighted by molar-refractivity contribution is 5.76. The maximum absolute atomic E-state index is 11.3. The third-order valence-corrected chi connectivity index (χ3v) is 2.24. The van der Waals surface area contributed by atoms with Crippen LogP contribution in [0.4, 0.5) is 0 Å². The molecule has 3 heteroatoms. The summed E-state index contributed by atoms with van der Waals surface area (Å²) in [6.07, 6.45) is 2.95. The van der Waals surface area contributed by atoms with Crippen molar-refractivity contribution in [3.8, 4) is 0 Å². The molecule has 1 unspecified atom stereocenters. The molecule has 1 aliphatic heterocycles. The van der Waals surface area contributed by atoms with Crippen molar-refractivity contribution in [2.45, 2.75) is 45.3 Å². The molecule has 0 aromatic heterocycles. The van der Waals surface area contributed by atoms with E-state index in [9.17, 15) is 4.79 Å². The minimum atomic E-state index is -0.0816. The Balaban J connectivity index is 2.27. The van der Waals surface area contributed by atoms with Gasteiger partial charge in [-0.3, -0.25) is 4.79 Å². The van der Waals surface area contributed by atoms with E-state index in [2.05, 4.69) is 5.32 Å². The van der Waals surface area contributed by atoms with Gasteiger partial charge in [0.2, 0.25) is 0 Å². The van der Waals surface area contributed by atoms with Crippen molar-refractivity contribution in [3.63, 3.8) is 0 Å². The van der Waals surface area contributed by atoms with Gasteiger partial charge in [0.05, 0.1) is 6.10 Å². The molecule has 1 rings (SSSR count). The van der Waals surface area contributed by atoms with Crippen molar-refractivity contribution in [1.29, 1.82) is 0 Å². The molecule has 1 N–H and O–H groups in total. The van der Waals surface area contributed by atoms with E-state index in [-0.39, 0.29) is 18.1 Å². The zero-order valence-electron chi connectivity index (χ0n) is 7.80. The summed E-state index contributed by atoms with van der Waals surface area (Å²) in [5.41, 5.74) is 0. The van der Waals surface area contributed by atoms with Crippen LogP contribution >= 0.6 is 0 Å². The van der Waals surface area contributed by atoms with Crippen LogP contribution in [0.1, 0.15) is 33.1 Å². The van der Waals surface area contributed by atoms with E-state index < -0.39 is 0 Å². The third-order valence-electron chi connectivity index (χ3n) is 2.24. The molecule has 0 aliphatic carbocycles. The van der Waals surface area contributed by atoms with Crippen molar-refractivity contribution in [2.75, 3.05) is 6.54 Å². The van der Waals surface area contributed by atoms with E-state index in [0.29, 0.717) is 0 Å². The first kappa shape index (κ1) is 9.52. The Bertz CT molecular complexity index is 153. The number of rotatable bonds is 3. The summed E-state index contributed by atoms with van der Waals surface area (Å²) in [4.78, 5) is 11.3. The van der Waals surface area contributed by atoms with Gasteiger partial charge in [-0.05, 0) is 32.7 Å². The predicted octanol–water partition coefficient (Wildman–Crippen LogP) is 1.08. The second-order valence-corrected chi connectivity index (χ2v) is 3.30.